The number of imidazole rings is 1. The molecule has 0 saturated carbocycles. The lowest BCUT2D eigenvalue weighted by atomic mass is 10.1. The molecule has 1 rings (SSSR count). The van der Waals surface area contributed by atoms with Crippen LogP contribution in [0.5, 0.6) is 0 Å². The molecule has 4 heteroatoms. The minimum atomic E-state index is 0.312. The fraction of sp³-hybridized carbons (Fsp3) is 0.636. The Balaban J connectivity index is 2.26. The first-order valence-corrected chi connectivity index (χ1v) is 5.22. The standard InChI is InChI=1S/C11H19N3O/c1-13(2)8-6-10(15)4-5-11-12-7-9-14(11)3/h7,9H,4-6,8H2,1-3H3. The molecule has 0 amide bonds. The predicted molar refractivity (Wildman–Crippen MR) is 59.7 cm³/mol. The van der Waals surface area contributed by atoms with E-state index in [0.717, 1.165) is 18.8 Å². The molecule has 1 heterocycles. The van der Waals surface area contributed by atoms with Crippen LogP contribution in [0.1, 0.15) is 18.7 Å². The van der Waals surface area contributed by atoms with E-state index in [1.807, 2.05) is 36.8 Å². The average Bonchev–Trinajstić information content (AvgIpc) is 2.58. The van der Waals surface area contributed by atoms with Crippen molar-refractivity contribution < 1.29 is 4.79 Å². The normalized spacial score (nSPS) is 10.9. The molecule has 0 aliphatic rings. The van der Waals surface area contributed by atoms with E-state index >= 15 is 0 Å². The summed E-state index contributed by atoms with van der Waals surface area (Å²) in [7, 11) is 5.91. The van der Waals surface area contributed by atoms with Crippen LogP contribution in [-0.2, 0) is 18.3 Å². The number of aryl methyl sites for hydroxylation is 2. The van der Waals surface area contributed by atoms with Gasteiger partial charge < -0.3 is 9.47 Å². The van der Waals surface area contributed by atoms with Crippen molar-refractivity contribution in [2.75, 3.05) is 20.6 Å². The van der Waals surface area contributed by atoms with Crippen molar-refractivity contribution in [1.29, 1.82) is 0 Å². The SMILES string of the molecule is CN(C)CCC(=O)CCc1nccn1C. The van der Waals surface area contributed by atoms with Gasteiger partial charge in [-0.1, -0.05) is 0 Å². The Labute approximate surface area is 90.9 Å². The monoisotopic (exact) mass is 209 g/mol. The maximum Gasteiger partial charge on any atom is 0.134 e. The number of hydrogen-bond acceptors (Lipinski definition) is 3. The second-order valence-corrected chi connectivity index (χ2v) is 4.05. The maximum atomic E-state index is 11.5. The van der Waals surface area contributed by atoms with Gasteiger partial charge >= 0.3 is 0 Å². The van der Waals surface area contributed by atoms with Gasteiger partial charge in [-0.05, 0) is 14.1 Å². The van der Waals surface area contributed by atoms with Crippen molar-refractivity contribution in [3.63, 3.8) is 0 Å². The van der Waals surface area contributed by atoms with Gasteiger partial charge in [0.25, 0.3) is 0 Å². The highest BCUT2D eigenvalue weighted by atomic mass is 16.1. The Morgan fingerprint density at radius 1 is 1.47 bits per heavy atom. The fourth-order valence-electron chi connectivity index (χ4n) is 1.36. The predicted octanol–water partition coefficient (Wildman–Crippen LogP) is 0.873. The van der Waals surface area contributed by atoms with Gasteiger partial charge in [0, 0.05) is 45.2 Å². The van der Waals surface area contributed by atoms with E-state index in [9.17, 15) is 4.79 Å². The number of Topliss-reactive ketones (excluding diaryl/α,β-unsaturated/α-hetero) is 1. The van der Waals surface area contributed by atoms with Crippen LogP contribution in [0.2, 0.25) is 0 Å². The van der Waals surface area contributed by atoms with Crippen molar-refractivity contribution in [1.82, 2.24) is 14.5 Å². The van der Waals surface area contributed by atoms with Crippen molar-refractivity contribution >= 4 is 5.78 Å². The van der Waals surface area contributed by atoms with E-state index in [2.05, 4.69) is 4.98 Å². The molecule has 0 spiro atoms. The third-order valence-electron chi connectivity index (χ3n) is 2.39. The number of carbonyl (C=O) groups is 1. The Morgan fingerprint density at radius 3 is 2.73 bits per heavy atom. The van der Waals surface area contributed by atoms with Crippen LogP contribution >= 0.6 is 0 Å². The number of hydrogen-bond donors (Lipinski definition) is 0. The molecule has 0 saturated heterocycles. The zero-order valence-corrected chi connectivity index (χ0v) is 9.73. The molecule has 15 heavy (non-hydrogen) atoms. The average molecular weight is 209 g/mol. The third-order valence-corrected chi connectivity index (χ3v) is 2.39. The number of rotatable bonds is 6. The Kier molecular flexibility index (Phi) is 4.49. The summed E-state index contributed by atoms with van der Waals surface area (Å²) in [5.74, 6) is 1.29. The lowest BCUT2D eigenvalue weighted by Crippen LogP contribution is -2.17. The molecule has 0 bridgehead atoms. The van der Waals surface area contributed by atoms with E-state index in [4.69, 9.17) is 0 Å². The molecule has 0 N–H and O–H groups in total. The Bertz CT molecular complexity index is 317. The maximum absolute atomic E-state index is 11.5. The van der Waals surface area contributed by atoms with Gasteiger partial charge in [0.15, 0.2) is 0 Å². The third kappa shape index (κ3) is 4.25. The van der Waals surface area contributed by atoms with Gasteiger partial charge in [0.05, 0.1) is 0 Å². The summed E-state index contributed by atoms with van der Waals surface area (Å²) in [6, 6.07) is 0. The first kappa shape index (κ1) is 11.9. The van der Waals surface area contributed by atoms with Gasteiger partial charge in [-0.3, -0.25) is 4.79 Å². The van der Waals surface area contributed by atoms with Crippen LogP contribution in [0.3, 0.4) is 0 Å². The molecule has 0 aliphatic carbocycles. The van der Waals surface area contributed by atoms with E-state index < -0.39 is 0 Å². The lowest BCUT2D eigenvalue weighted by Gasteiger charge is -2.08. The van der Waals surface area contributed by atoms with Crippen LogP contribution in [0.25, 0.3) is 0 Å². The molecule has 0 atom stereocenters. The van der Waals surface area contributed by atoms with E-state index in [0.29, 0.717) is 18.6 Å². The van der Waals surface area contributed by atoms with Crippen LogP contribution in [0.15, 0.2) is 12.4 Å². The first-order chi connectivity index (χ1) is 7.09. The zero-order valence-electron chi connectivity index (χ0n) is 9.73. The second kappa shape index (κ2) is 5.66. The van der Waals surface area contributed by atoms with Crippen LogP contribution in [-0.4, -0.2) is 40.9 Å². The van der Waals surface area contributed by atoms with Crippen LogP contribution in [0, 0.1) is 0 Å². The number of carbonyl (C=O) groups excluding carboxylic acids is 1. The van der Waals surface area contributed by atoms with Crippen LogP contribution in [0.4, 0.5) is 0 Å². The molecular weight excluding hydrogens is 190 g/mol. The van der Waals surface area contributed by atoms with E-state index in [-0.39, 0.29) is 0 Å². The minimum Gasteiger partial charge on any atom is -0.338 e. The highest BCUT2D eigenvalue weighted by Crippen LogP contribution is 2.01. The van der Waals surface area contributed by atoms with Gasteiger partial charge in [0.1, 0.15) is 11.6 Å². The minimum absolute atomic E-state index is 0.312. The van der Waals surface area contributed by atoms with Crippen molar-refractivity contribution in [2.45, 2.75) is 19.3 Å². The topological polar surface area (TPSA) is 38.1 Å². The second-order valence-electron chi connectivity index (χ2n) is 4.05. The summed E-state index contributed by atoms with van der Waals surface area (Å²) >= 11 is 0. The molecule has 0 aromatic carbocycles. The van der Waals surface area contributed by atoms with Crippen molar-refractivity contribution in [3.05, 3.63) is 18.2 Å². The number of aromatic nitrogens is 2. The number of nitrogens with zero attached hydrogens (tertiary/aromatic N) is 3. The smallest absolute Gasteiger partial charge is 0.134 e. The quantitative estimate of drug-likeness (QED) is 0.698. The summed E-state index contributed by atoms with van der Waals surface area (Å²) in [5.41, 5.74) is 0. The summed E-state index contributed by atoms with van der Waals surface area (Å²) in [5, 5.41) is 0. The zero-order chi connectivity index (χ0) is 11.3. The first-order valence-electron chi connectivity index (χ1n) is 5.22. The Hall–Kier alpha value is -1.16. The molecule has 0 unspecified atom stereocenters. The van der Waals surface area contributed by atoms with Gasteiger partial charge in [0.2, 0.25) is 0 Å². The Morgan fingerprint density at radius 2 is 2.20 bits per heavy atom. The highest BCUT2D eigenvalue weighted by Gasteiger charge is 2.05. The largest absolute Gasteiger partial charge is 0.338 e. The molecule has 0 radical (unpaired) electrons. The van der Waals surface area contributed by atoms with Gasteiger partial charge in [-0.25, -0.2) is 4.98 Å². The van der Waals surface area contributed by atoms with Crippen molar-refractivity contribution in [2.24, 2.45) is 7.05 Å². The molecular formula is C11H19N3O. The van der Waals surface area contributed by atoms with Gasteiger partial charge in [-0.15, -0.1) is 0 Å². The van der Waals surface area contributed by atoms with Crippen LogP contribution < -0.4 is 0 Å². The summed E-state index contributed by atoms with van der Waals surface area (Å²) in [4.78, 5) is 17.7. The summed E-state index contributed by atoms with van der Waals surface area (Å²) in [6.07, 6.45) is 5.64. The lowest BCUT2D eigenvalue weighted by molar-refractivity contribution is -0.119. The molecule has 84 valence electrons. The van der Waals surface area contributed by atoms with Gasteiger partial charge in [-0.2, -0.15) is 0 Å². The van der Waals surface area contributed by atoms with E-state index in [1.165, 1.54) is 0 Å². The molecule has 0 aliphatic heterocycles. The van der Waals surface area contributed by atoms with E-state index in [1.54, 1.807) is 6.20 Å². The number of ketones is 1. The highest BCUT2D eigenvalue weighted by molar-refractivity contribution is 5.78. The summed E-state index contributed by atoms with van der Waals surface area (Å²) < 4.78 is 1.96. The molecule has 1 aromatic heterocycles. The molecule has 1 aromatic rings. The molecule has 4 nitrogen and oxygen atoms in total. The van der Waals surface area contributed by atoms with Crippen molar-refractivity contribution in [3.8, 4) is 0 Å². The fourth-order valence-corrected chi connectivity index (χ4v) is 1.36. The summed E-state index contributed by atoms with van der Waals surface area (Å²) in [6.45, 7) is 0.833. The molecule has 0 fully saturated rings.